The van der Waals surface area contributed by atoms with Gasteiger partial charge in [-0.25, -0.2) is 28.6 Å². The number of nitrogens with zero attached hydrogens (tertiary/aromatic N) is 4. The van der Waals surface area contributed by atoms with Gasteiger partial charge in [-0.05, 0) is 6.42 Å². The molecule has 3 rings (SSSR count). The second-order valence-electron chi connectivity index (χ2n) is 15.2. The predicted octanol–water partition coefficient (Wildman–Crippen LogP) is 2.98. The first-order chi connectivity index (χ1) is 29.1. The zero-order valence-corrected chi connectivity index (χ0v) is 38.4. The quantitative estimate of drug-likeness (QED) is 0.0401. The molecule has 1 fully saturated rings. The summed E-state index contributed by atoms with van der Waals surface area (Å²) in [7, 11) is -16.4. The summed E-state index contributed by atoms with van der Waals surface area (Å²) in [6, 6.07) is 0. The lowest BCUT2D eigenvalue weighted by Gasteiger charge is -2.30. The first-order valence-electron chi connectivity index (χ1n) is 20.1. The van der Waals surface area contributed by atoms with Crippen LogP contribution in [-0.2, 0) is 50.7 Å². The van der Waals surface area contributed by atoms with E-state index in [1.54, 1.807) is 0 Å². The van der Waals surface area contributed by atoms with E-state index < -0.39 is 84.6 Å². The summed E-state index contributed by atoms with van der Waals surface area (Å²) < 4.78 is 62.3. The summed E-state index contributed by atoms with van der Waals surface area (Å²) in [5.41, 5.74) is 4.28. The Morgan fingerprint density at radius 3 is 2.19 bits per heavy atom. The smallest absolute Gasteiger partial charge is 0.386 e. The molecule has 62 heavy (non-hydrogen) atoms. The summed E-state index contributed by atoms with van der Waals surface area (Å²) in [5, 5.41) is 26.6. The Balaban J connectivity index is 1.37. The lowest BCUT2D eigenvalue weighted by molar-refractivity contribution is -0.137. The van der Waals surface area contributed by atoms with Crippen molar-refractivity contribution in [3.05, 3.63) is 12.7 Å². The average molecular weight is 964 g/mol. The molecule has 24 nitrogen and oxygen atoms in total. The Morgan fingerprint density at radius 1 is 0.919 bits per heavy atom. The summed E-state index contributed by atoms with van der Waals surface area (Å²) in [6.45, 7) is 2.78. The molecule has 2 aromatic rings. The summed E-state index contributed by atoms with van der Waals surface area (Å²) in [6.07, 6.45) is 5.38. The highest BCUT2D eigenvalue weighted by molar-refractivity contribution is 8.13. The number of carbonyl (C=O) groups excluding carboxylic acids is 3. The third-order valence-corrected chi connectivity index (χ3v) is 13.5. The predicted molar refractivity (Wildman–Crippen MR) is 224 cm³/mol. The molecule has 1 aliphatic heterocycles. The number of nitrogens with two attached hydrogens (primary N) is 1. The molecule has 28 heteroatoms. The van der Waals surface area contributed by atoms with Crippen molar-refractivity contribution in [2.75, 3.05) is 37.8 Å². The van der Waals surface area contributed by atoms with E-state index in [1.165, 1.54) is 58.8 Å². The Morgan fingerprint density at radius 2 is 1.55 bits per heavy atom. The van der Waals surface area contributed by atoms with Gasteiger partial charge < -0.3 is 50.9 Å². The number of aliphatic hydroxyl groups excluding tert-OH is 2. The van der Waals surface area contributed by atoms with Crippen LogP contribution in [0.1, 0.15) is 104 Å². The van der Waals surface area contributed by atoms with Crippen LogP contribution >= 0.6 is 35.2 Å². The number of aromatic nitrogens is 4. The van der Waals surface area contributed by atoms with E-state index in [-0.39, 0.29) is 41.6 Å². The number of anilines is 1. The molecule has 7 atom stereocenters. The van der Waals surface area contributed by atoms with Gasteiger partial charge in [-0.3, -0.25) is 32.5 Å². The van der Waals surface area contributed by atoms with Gasteiger partial charge in [0.15, 0.2) is 22.8 Å². The van der Waals surface area contributed by atoms with Crippen LogP contribution in [0.5, 0.6) is 0 Å². The number of nitrogens with one attached hydrogen (secondary N) is 2. The Kier molecular flexibility index (Phi) is 22.0. The monoisotopic (exact) mass is 963 g/mol. The summed E-state index contributed by atoms with van der Waals surface area (Å²) >= 11 is 1.15. The minimum Gasteiger partial charge on any atom is -0.386 e. The van der Waals surface area contributed by atoms with Crippen molar-refractivity contribution in [1.29, 1.82) is 0 Å². The minimum absolute atomic E-state index is 0.0334. The fraction of sp³-hybridized carbons (Fsp3) is 0.765. The number of phosphoric ester groups is 3. The molecule has 1 aliphatic rings. The molecule has 3 unspecified atom stereocenters. The first kappa shape index (κ1) is 53.9. The largest absolute Gasteiger partial charge is 0.481 e. The highest BCUT2D eigenvalue weighted by Crippen LogP contribution is 2.61. The lowest BCUT2D eigenvalue weighted by atomic mass is 9.87. The van der Waals surface area contributed by atoms with E-state index in [0.717, 1.165) is 48.2 Å². The van der Waals surface area contributed by atoms with Crippen LogP contribution in [0, 0.1) is 5.41 Å². The van der Waals surface area contributed by atoms with Crippen molar-refractivity contribution in [1.82, 2.24) is 30.2 Å². The van der Waals surface area contributed by atoms with Gasteiger partial charge in [0.05, 0.1) is 19.5 Å². The zero-order valence-electron chi connectivity index (χ0n) is 34.9. The van der Waals surface area contributed by atoms with Crippen molar-refractivity contribution >= 4 is 69.1 Å². The molecule has 0 aliphatic carbocycles. The highest BCUT2D eigenvalue weighted by Gasteiger charge is 2.50. The summed E-state index contributed by atoms with van der Waals surface area (Å²) in [5.74, 6) is -1.02. The lowest BCUT2D eigenvalue weighted by Crippen LogP contribution is -2.46. The maximum atomic E-state index is 12.7. The van der Waals surface area contributed by atoms with E-state index in [2.05, 4.69) is 41.3 Å². The topological polar surface area (TPSA) is 364 Å². The van der Waals surface area contributed by atoms with E-state index in [4.69, 9.17) is 19.5 Å². The van der Waals surface area contributed by atoms with E-state index in [0.29, 0.717) is 12.2 Å². The van der Waals surface area contributed by atoms with Gasteiger partial charge in [-0.1, -0.05) is 90.3 Å². The van der Waals surface area contributed by atoms with E-state index >= 15 is 0 Å². The van der Waals surface area contributed by atoms with E-state index in [9.17, 15) is 57.9 Å². The number of fused-ring (bicyclic) bond motifs is 1. The molecular formula is C34H60N7O17P3S. The van der Waals surface area contributed by atoms with Crippen molar-refractivity contribution in [3.8, 4) is 0 Å². The number of imidazole rings is 1. The molecule has 0 radical (unpaired) electrons. The third kappa shape index (κ3) is 18.6. The second-order valence-corrected chi connectivity index (χ2v) is 20.6. The second kappa shape index (κ2) is 25.3. The van der Waals surface area contributed by atoms with Gasteiger partial charge in [0.2, 0.25) is 11.8 Å². The highest BCUT2D eigenvalue weighted by atomic mass is 32.2. The molecule has 10 N–H and O–H groups in total. The van der Waals surface area contributed by atoms with Gasteiger partial charge >= 0.3 is 23.5 Å². The van der Waals surface area contributed by atoms with Crippen LogP contribution < -0.4 is 16.4 Å². The number of carbonyl (C=O) groups is 3. The van der Waals surface area contributed by atoms with Gasteiger partial charge in [-0.2, -0.15) is 4.31 Å². The molecule has 0 spiro atoms. The maximum Gasteiger partial charge on any atom is 0.481 e. The van der Waals surface area contributed by atoms with Crippen LogP contribution in [0.15, 0.2) is 12.7 Å². The van der Waals surface area contributed by atoms with Crippen molar-refractivity contribution in [3.63, 3.8) is 0 Å². The number of rotatable bonds is 30. The number of thioether (sulfide) groups is 1. The van der Waals surface area contributed by atoms with Gasteiger partial charge in [0.25, 0.3) is 0 Å². The van der Waals surface area contributed by atoms with Gasteiger partial charge in [-0.15, -0.1) is 0 Å². The fourth-order valence-electron chi connectivity index (χ4n) is 6.12. The molecule has 3 heterocycles. The molecule has 0 aromatic carbocycles. The Labute approximate surface area is 363 Å². The molecule has 354 valence electrons. The van der Waals surface area contributed by atoms with Crippen molar-refractivity contribution in [2.45, 2.75) is 128 Å². The number of aliphatic hydroxyl groups is 2. The van der Waals surface area contributed by atoms with Crippen LogP contribution in [0.4, 0.5) is 5.82 Å². The molecular weight excluding hydrogens is 903 g/mol. The maximum absolute atomic E-state index is 12.7. The normalized spacial score (nSPS) is 20.7. The van der Waals surface area contributed by atoms with Crippen LogP contribution in [0.2, 0.25) is 0 Å². The average Bonchev–Trinajstić information content (AvgIpc) is 3.75. The number of nitrogen functional groups attached to an aromatic ring is 1. The SMILES string of the molecule is CCCCCCCCCCCCC(=O)SCCNC(=O)CCNC(=O)C(O)C(C)(C)COP(=O)(O)OP(=O)(O)OC[C@H]1O[C@@H](n2cnc3c(N)ncnc32)[C@H](O)[C@@H]1OP(=O)(O)O. The molecule has 0 bridgehead atoms. The zero-order chi connectivity index (χ0) is 46.1. The third-order valence-electron chi connectivity index (χ3n) is 9.50. The van der Waals surface area contributed by atoms with Crippen molar-refractivity contribution < 1.29 is 80.5 Å². The Hall–Kier alpha value is -2.44. The molecule has 2 aromatic heterocycles. The first-order valence-corrected chi connectivity index (χ1v) is 25.6. The number of unbranched alkanes of at least 4 members (excludes halogenated alkanes) is 9. The number of hydrogen-bond donors (Lipinski definition) is 9. The standard InChI is InChI=1S/C34H60N7O17P3S/c1-4-5-6-7-8-9-10-11-12-13-14-25(43)62-18-17-36-24(42)15-16-37-32(46)29(45)34(2,3)20-55-61(52,53)58-60(50,51)54-19-23-28(57-59(47,48)49)27(44)33(56-23)41-22-40-26-30(35)38-21-39-31(26)41/h21-23,27-29,33,44-45H,4-20H2,1-3H3,(H,36,42)(H,37,46)(H,50,51)(H,52,53)(H2,35,38,39)(H2,47,48,49)/t23-,27-,28-,29?,33-/m1/s1. The van der Waals surface area contributed by atoms with Gasteiger partial charge in [0.1, 0.15) is 36.3 Å². The fourth-order valence-corrected chi connectivity index (χ4v) is 9.67. The van der Waals surface area contributed by atoms with Crippen molar-refractivity contribution in [2.24, 2.45) is 5.41 Å². The number of amides is 2. The summed E-state index contributed by atoms with van der Waals surface area (Å²) in [4.78, 5) is 88.1. The van der Waals surface area contributed by atoms with Gasteiger partial charge in [0, 0.05) is 37.1 Å². The van der Waals surface area contributed by atoms with Crippen LogP contribution in [-0.4, -0.2) is 123 Å². The minimum atomic E-state index is -5.57. The van der Waals surface area contributed by atoms with E-state index in [1.807, 2.05) is 0 Å². The molecule has 1 saturated heterocycles. The van der Waals surface area contributed by atoms with Crippen LogP contribution in [0.3, 0.4) is 0 Å². The molecule has 0 saturated carbocycles. The molecule has 2 amide bonds. The number of phosphoric acid groups is 3. The number of hydrogen-bond acceptors (Lipinski definition) is 18. The van der Waals surface area contributed by atoms with Crippen LogP contribution in [0.25, 0.3) is 11.2 Å². The Bertz CT molecular complexity index is 1910. The number of ether oxygens (including phenoxy) is 1.